The van der Waals surface area contributed by atoms with Crippen LogP contribution in [0.25, 0.3) is 11.3 Å². The summed E-state index contributed by atoms with van der Waals surface area (Å²) >= 11 is 1.46. The van der Waals surface area contributed by atoms with E-state index in [1.54, 1.807) is 18.3 Å². The molecule has 2 aromatic heterocycles. The fourth-order valence-corrected chi connectivity index (χ4v) is 4.04. The number of anilines is 1. The molecule has 0 bridgehead atoms. The maximum Gasteiger partial charge on any atom is 0.229 e. The highest BCUT2D eigenvalue weighted by Gasteiger charge is 2.21. The van der Waals surface area contributed by atoms with Crippen LogP contribution in [0.1, 0.15) is 11.4 Å². The number of nitrogens with zero attached hydrogens (tertiary/aromatic N) is 5. The van der Waals surface area contributed by atoms with Crippen LogP contribution < -0.4 is 4.90 Å². The van der Waals surface area contributed by atoms with Crippen LogP contribution in [0, 0.1) is 5.82 Å². The zero-order chi connectivity index (χ0) is 19.3. The van der Waals surface area contributed by atoms with Gasteiger partial charge in [-0.1, -0.05) is 0 Å². The molecule has 0 spiro atoms. The smallest absolute Gasteiger partial charge is 0.229 e. The van der Waals surface area contributed by atoms with E-state index >= 15 is 0 Å². The van der Waals surface area contributed by atoms with Crippen molar-refractivity contribution in [3.8, 4) is 11.3 Å². The van der Waals surface area contributed by atoms with Gasteiger partial charge in [0.15, 0.2) is 5.82 Å². The van der Waals surface area contributed by atoms with Gasteiger partial charge in [0, 0.05) is 43.3 Å². The third-order valence-electron chi connectivity index (χ3n) is 4.73. The largest absolute Gasteiger partial charge is 0.353 e. The van der Waals surface area contributed by atoms with Crippen molar-refractivity contribution in [3.05, 3.63) is 58.8 Å². The van der Waals surface area contributed by atoms with E-state index in [-0.39, 0.29) is 18.1 Å². The number of rotatable bonds is 4. The molecule has 3 aromatic rings. The Balaban J connectivity index is 1.37. The van der Waals surface area contributed by atoms with E-state index < -0.39 is 0 Å². The third kappa shape index (κ3) is 4.33. The number of hydrogen-bond donors (Lipinski definition) is 0. The summed E-state index contributed by atoms with van der Waals surface area (Å²) in [4.78, 5) is 21.4. The van der Waals surface area contributed by atoms with Crippen LogP contribution in [0.3, 0.4) is 0 Å². The normalized spacial score (nSPS) is 14.8. The van der Waals surface area contributed by atoms with Gasteiger partial charge in [-0.05, 0) is 42.8 Å². The molecular formula is C20H20FN5OS. The molecule has 1 saturated heterocycles. The molecule has 6 nitrogen and oxygen atoms in total. The predicted molar refractivity (Wildman–Crippen MR) is 107 cm³/mol. The van der Waals surface area contributed by atoms with Gasteiger partial charge < -0.3 is 9.80 Å². The molecule has 0 aliphatic carbocycles. The lowest BCUT2D eigenvalue weighted by Crippen LogP contribution is -2.36. The second-order valence-corrected chi connectivity index (χ2v) is 7.56. The predicted octanol–water partition coefficient (Wildman–Crippen LogP) is 3.02. The van der Waals surface area contributed by atoms with E-state index in [1.807, 2.05) is 22.4 Å². The molecule has 1 aromatic carbocycles. The highest BCUT2D eigenvalue weighted by Crippen LogP contribution is 2.23. The highest BCUT2D eigenvalue weighted by atomic mass is 32.1. The lowest BCUT2D eigenvalue weighted by atomic mass is 10.2. The molecule has 0 N–H and O–H groups in total. The summed E-state index contributed by atoms with van der Waals surface area (Å²) in [6.45, 7) is 2.98. The first-order chi connectivity index (χ1) is 13.7. The van der Waals surface area contributed by atoms with E-state index in [0.717, 1.165) is 48.1 Å². The first-order valence-electron chi connectivity index (χ1n) is 9.20. The van der Waals surface area contributed by atoms with Gasteiger partial charge in [-0.15, -0.1) is 16.4 Å². The van der Waals surface area contributed by atoms with Crippen LogP contribution in [0.5, 0.6) is 0 Å². The molecule has 144 valence electrons. The van der Waals surface area contributed by atoms with Gasteiger partial charge in [-0.2, -0.15) is 5.10 Å². The number of thiazole rings is 1. The Labute approximate surface area is 166 Å². The second-order valence-electron chi connectivity index (χ2n) is 6.61. The summed E-state index contributed by atoms with van der Waals surface area (Å²) in [6.07, 6.45) is 2.84. The Morgan fingerprint density at radius 3 is 2.75 bits per heavy atom. The van der Waals surface area contributed by atoms with Crippen molar-refractivity contribution in [2.75, 3.05) is 31.1 Å². The average molecular weight is 397 g/mol. The van der Waals surface area contributed by atoms with Crippen molar-refractivity contribution in [2.45, 2.75) is 12.8 Å². The monoisotopic (exact) mass is 397 g/mol. The molecule has 0 atom stereocenters. The zero-order valence-corrected chi connectivity index (χ0v) is 16.1. The number of hydrogen-bond acceptors (Lipinski definition) is 6. The summed E-state index contributed by atoms with van der Waals surface area (Å²) < 4.78 is 13.1. The van der Waals surface area contributed by atoms with Gasteiger partial charge in [-0.25, -0.2) is 9.37 Å². The summed E-state index contributed by atoms with van der Waals surface area (Å²) in [5, 5.41) is 10.8. The molecule has 1 fully saturated rings. The van der Waals surface area contributed by atoms with Gasteiger partial charge in [0.05, 0.1) is 12.1 Å². The lowest BCUT2D eigenvalue weighted by Gasteiger charge is -2.22. The summed E-state index contributed by atoms with van der Waals surface area (Å²) in [7, 11) is 0. The van der Waals surface area contributed by atoms with Crippen molar-refractivity contribution in [1.82, 2.24) is 20.1 Å². The van der Waals surface area contributed by atoms with E-state index in [0.29, 0.717) is 6.54 Å². The van der Waals surface area contributed by atoms with Crippen LogP contribution in [0.2, 0.25) is 0 Å². The van der Waals surface area contributed by atoms with Gasteiger partial charge in [-0.3, -0.25) is 4.79 Å². The fraction of sp³-hybridized carbons (Fsp3) is 0.300. The number of benzene rings is 1. The summed E-state index contributed by atoms with van der Waals surface area (Å²) in [5.74, 6) is 0.660. The Kier molecular flexibility index (Phi) is 5.57. The molecule has 0 saturated carbocycles. The Morgan fingerprint density at radius 1 is 1.11 bits per heavy atom. The summed E-state index contributed by atoms with van der Waals surface area (Å²) in [5.41, 5.74) is 1.63. The van der Waals surface area contributed by atoms with Crippen LogP contribution in [-0.2, 0) is 11.2 Å². The van der Waals surface area contributed by atoms with Gasteiger partial charge in [0.1, 0.15) is 10.8 Å². The second kappa shape index (κ2) is 8.43. The molecule has 8 heteroatoms. The number of aromatic nitrogens is 3. The van der Waals surface area contributed by atoms with Crippen LogP contribution in [0.15, 0.2) is 48.0 Å². The van der Waals surface area contributed by atoms with Crippen LogP contribution >= 0.6 is 11.3 Å². The molecule has 1 amide bonds. The van der Waals surface area contributed by atoms with Gasteiger partial charge in [0.2, 0.25) is 5.91 Å². The SMILES string of the molecule is O=C(Cc1nc(-c2ccc(F)cc2)cs1)N1CCCN(c2cccnn2)CC1. The fourth-order valence-electron chi connectivity index (χ4n) is 3.24. The molecule has 1 aliphatic rings. The van der Waals surface area contributed by atoms with Crippen molar-refractivity contribution in [3.63, 3.8) is 0 Å². The van der Waals surface area contributed by atoms with Crippen molar-refractivity contribution in [2.24, 2.45) is 0 Å². The minimum Gasteiger partial charge on any atom is -0.353 e. The maximum absolute atomic E-state index is 13.1. The van der Waals surface area contributed by atoms with Crippen LogP contribution in [0.4, 0.5) is 10.2 Å². The number of carbonyl (C=O) groups excluding carboxylic acids is 1. The first kappa shape index (κ1) is 18.5. The Bertz CT molecular complexity index is 931. The number of carbonyl (C=O) groups is 1. The van der Waals surface area contributed by atoms with Crippen molar-refractivity contribution in [1.29, 1.82) is 0 Å². The maximum atomic E-state index is 13.1. The van der Waals surface area contributed by atoms with E-state index in [2.05, 4.69) is 20.1 Å². The van der Waals surface area contributed by atoms with E-state index in [1.165, 1.54) is 23.5 Å². The van der Waals surface area contributed by atoms with Gasteiger partial charge >= 0.3 is 0 Å². The summed E-state index contributed by atoms with van der Waals surface area (Å²) in [6, 6.07) is 10.0. The first-order valence-corrected chi connectivity index (χ1v) is 10.1. The third-order valence-corrected chi connectivity index (χ3v) is 5.57. The lowest BCUT2D eigenvalue weighted by molar-refractivity contribution is -0.130. The molecule has 3 heterocycles. The quantitative estimate of drug-likeness (QED) is 0.677. The van der Waals surface area contributed by atoms with Gasteiger partial charge in [0.25, 0.3) is 0 Å². The Morgan fingerprint density at radius 2 is 1.96 bits per heavy atom. The van der Waals surface area contributed by atoms with E-state index in [9.17, 15) is 9.18 Å². The molecular weight excluding hydrogens is 377 g/mol. The topological polar surface area (TPSA) is 62.2 Å². The Hall–Kier alpha value is -2.87. The molecule has 4 rings (SSSR count). The van der Waals surface area contributed by atoms with E-state index in [4.69, 9.17) is 0 Å². The minimum absolute atomic E-state index is 0.0843. The standard InChI is InChI=1S/C20H20FN5OS/c21-16-6-4-15(5-7-16)17-14-28-19(23-17)13-20(27)26-10-2-9-25(11-12-26)18-3-1-8-22-24-18/h1,3-8,14H,2,9-13H2. The van der Waals surface area contributed by atoms with Crippen LogP contribution in [-0.4, -0.2) is 52.2 Å². The van der Waals surface area contributed by atoms with Crippen molar-refractivity contribution < 1.29 is 9.18 Å². The highest BCUT2D eigenvalue weighted by molar-refractivity contribution is 7.10. The molecule has 0 unspecified atom stereocenters. The molecule has 28 heavy (non-hydrogen) atoms. The molecule has 0 radical (unpaired) electrons. The van der Waals surface area contributed by atoms with Crippen molar-refractivity contribution >= 4 is 23.1 Å². The molecule has 1 aliphatic heterocycles. The minimum atomic E-state index is -0.272. The number of amides is 1. The average Bonchev–Trinajstić information content (AvgIpc) is 3.04. The number of halogens is 1. The zero-order valence-electron chi connectivity index (χ0n) is 15.3.